The average molecular weight is 520 g/mol. The highest BCUT2D eigenvalue weighted by atomic mass is 16.5. The van der Waals surface area contributed by atoms with Gasteiger partial charge in [0.1, 0.15) is 0 Å². The molecule has 7 nitrogen and oxygen atoms in total. The van der Waals surface area contributed by atoms with E-state index in [1.807, 2.05) is 24.3 Å². The van der Waals surface area contributed by atoms with Gasteiger partial charge < -0.3 is 29.2 Å². The third-order valence-electron chi connectivity index (χ3n) is 6.82. The molecular weight excluding hydrogens is 478 g/mol. The summed E-state index contributed by atoms with van der Waals surface area (Å²) >= 11 is 0. The Labute approximate surface area is 225 Å². The maximum atomic E-state index is 11.2. The summed E-state index contributed by atoms with van der Waals surface area (Å²) in [6.45, 7) is 4.02. The van der Waals surface area contributed by atoms with Gasteiger partial charge in [0.25, 0.3) is 0 Å². The Morgan fingerprint density at radius 1 is 0.868 bits per heavy atom. The monoisotopic (exact) mass is 519 g/mol. The van der Waals surface area contributed by atoms with Gasteiger partial charge in [0.2, 0.25) is 0 Å². The number of rotatable bonds is 15. The Kier molecular flexibility index (Phi) is 10.0. The van der Waals surface area contributed by atoms with Crippen molar-refractivity contribution >= 4 is 21.8 Å². The fourth-order valence-corrected chi connectivity index (χ4v) is 5.05. The molecule has 1 atom stereocenters. The zero-order valence-electron chi connectivity index (χ0n) is 22.8. The molecule has 0 saturated heterocycles. The van der Waals surface area contributed by atoms with E-state index in [2.05, 4.69) is 70.9 Å². The van der Waals surface area contributed by atoms with Crippen LogP contribution < -0.4 is 9.47 Å². The number of para-hydroxylation sites is 2. The fraction of sp³-hybridized carbons (Fsp3) is 0.419. The third kappa shape index (κ3) is 7.05. The number of aromatic nitrogens is 1. The Morgan fingerprint density at radius 2 is 1.55 bits per heavy atom. The van der Waals surface area contributed by atoms with Gasteiger partial charge >= 0.3 is 0 Å². The number of nitrogens with zero attached hydrogens (tertiary/aromatic N) is 3. The molecule has 0 fully saturated rings. The van der Waals surface area contributed by atoms with E-state index in [1.54, 1.807) is 7.11 Å². The average Bonchev–Trinajstić information content (AvgIpc) is 3.23. The van der Waals surface area contributed by atoms with Crippen LogP contribution in [0.1, 0.15) is 18.4 Å². The van der Waals surface area contributed by atoms with Crippen molar-refractivity contribution < 1.29 is 19.7 Å². The van der Waals surface area contributed by atoms with E-state index in [0.29, 0.717) is 45.0 Å². The second-order valence-electron chi connectivity index (χ2n) is 10.1. The number of benzene rings is 3. The van der Waals surface area contributed by atoms with Crippen molar-refractivity contribution in [1.29, 1.82) is 0 Å². The number of hydrogen-bond acceptors (Lipinski definition) is 6. The molecule has 0 aliphatic carbocycles. The van der Waals surface area contributed by atoms with Gasteiger partial charge in [-0.15, -0.1) is 0 Å². The van der Waals surface area contributed by atoms with Gasteiger partial charge in [0.15, 0.2) is 11.5 Å². The molecule has 0 bridgehead atoms. The maximum absolute atomic E-state index is 11.2. The second-order valence-corrected chi connectivity index (χ2v) is 10.1. The molecule has 0 spiro atoms. The molecule has 204 valence electrons. The second kappa shape index (κ2) is 13.6. The van der Waals surface area contributed by atoms with Crippen LogP contribution in [0.3, 0.4) is 0 Å². The highest BCUT2D eigenvalue weighted by Crippen LogP contribution is 2.30. The highest BCUT2D eigenvalue weighted by Gasteiger charge is 2.17. The molecule has 0 aliphatic rings. The van der Waals surface area contributed by atoms with E-state index in [4.69, 9.17) is 9.47 Å². The number of aliphatic hydroxyl groups is 2. The van der Waals surface area contributed by atoms with Crippen molar-refractivity contribution in [2.75, 3.05) is 54.1 Å². The van der Waals surface area contributed by atoms with Crippen molar-refractivity contribution in [2.45, 2.75) is 32.0 Å². The molecule has 38 heavy (non-hydrogen) atoms. The Balaban J connectivity index is 1.45. The first-order chi connectivity index (χ1) is 18.5. The Bertz CT molecular complexity index is 1250. The molecule has 0 unspecified atom stereocenters. The molecule has 0 saturated carbocycles. The Hall–Kier alpha value is -3.10. The van der Waals surface area contributed by atoms with Gasteiger partial charge in [-0.3, -0.25) is 4.90 Å². The lowest BCUT2D eigenvalue weighted by Crippen LogP contribution is -2.35. The van der Waals surface area contributed by atoms with Crippen LogP contribution in [0, 0.1) is 0 Å². The topological polar surface area (TPSA) is 70.3 Å². The molecule has 1 heterocycles. The van der Waals surface area contributed by atoms with Crippen molar-refractivity contribution in [3.63, 3.8) is 0 Å². The van der Waals surface area contributed by atoms with Gasteiger partial charge in [-0.05, 0) is 56.8 Å². The van der Waals surface area contributed by atoms with E-state index < -0.39 is 6.10 Å². The Morgan fingerprint density at radius 3 is 2.18 bits per heavy atom. The van der Waals surface area contributed by atoms with Gasteiger partial charge in [0.05, 0.1) is 26.4 Å². The zero-order valence-corrected chi connectivity index (χ0v) is 22.8. The first-order valence-corrected chi connectivity index (χ1v) is 13.4. The minimum Gasteiger partial charge on any atom is -0.493 e. The van der Waals surface area contributed by atoms with E-state index in [1.165, 1.54) is 10.8 Å². The maximum Gasteiger partial charge on any atom is 0.161 e. The number of methoxy groups -OCH3 is 1. The van der Waals surface area contributed by atoms with E-state index in [0.717, 1.165) is 35.3 Å². The van der Waals surface area contributed by atoms with Gasteiger partial charge in [-0.25, -0.2) is 0 Å². The largest absolute Gasteiger partial charge is 0.493 e. The van der Waals surface area contributed by atoms with Crippen LogP contribution >= 0.6 is 0 Å². The molecule has 4 rings (SSSR count). The van der Waals surface area contributed by atoms with E-state index in [-0.39, 0.29) is 6.61 Å². The fourth-order valence-electron chi connectivity index (χ4n) is 5.05. The van der Waals surface area contributed by atoms with Crippen LogP contribution in [0.4, 0.5) is 0 Å². The van der Waals surface area contributed by atoms with Crippen molar-refractivity contribution in [2.24, 2.45) is 0 Å². The first kappa shape index (κ1) is 27.9. The highest BCUT2D eigenvalue weighted by molar-refractivity contribution is 6.07. The SMILES string of the molecule is COc1cc(CN(CCCO)C[C@H](O)Cn2c3ccccc3c3ccccc32)ccc1OCCCN(C)C. The first-order valence-electron chi connectivity index (χ1n) is 13.4. The molecule has 2 N–H and O–H groups in total. The van der Waals surface area contributed by atoms with E-state index in [9.17, 15) is 10.2 Å². The number of hydrogen-bond donors (Lipinski definition) is 2. The van der Waals surface area contributed by atoms with E-state index >= 15 is 0 Å². The molecule has 1 aromatic heterocycles. The summed E-state index contributed by atoms with van der Waals surface area (Å²) in [4.78, 5) is 4.33. The van der Waals surface area contributed by atoms with Gasteiger partial charge in [0, 0.05) is 54.6 Å². The molecule has 0 radical (unpaired) electrons. The lowest BCUT2D eigenvalue weighted by molar-refractivity contribution is 0.0921. The lowest BCUT2D eigenvalue weighted by atomic mass is 10.1. The summed E-state index contributed by atoms with van der Waals surface area (Å²) in [6.07, 6.45) is 1.01. The molecule has 0 aliphatic heterocycles. The number of aliphatic hydroxyl groups excluding tert-OH is 2. The summed E-state index contributed by atoms with van der Waals surface area (Å²) in [7, 11) is 5.76. The molecule has 3 aromatic carbocycles. The minimum absolute atomic E-state index is 0.114. The third-order valence-corrected chi connectivity index (χ3v) is 6.82. The van der Waals surface area contributed by atoms with Crippen molar-refractivity contribution in [1.82, 2.24) is 14.4 Å². The van der Waals surface area contributed by atoms with Crippen LogP contribution in [0.5, 0.6) is 11.5 Å². The van der Waals surface area contributed by atoms with Crippen LogP contribution in [0.2, 0.25) is 0 Å². The molecule has 7 heteroatoms. The lowest BCUT2D eigenvalue weighted by Gasteiger charge is -2.26. The minimum atomic E-state index is -0.575. The van der Waals surface area contributed by atoms with Crippen LogP contribution in [-0.4, -0.2) is 84.7 Å². The molecule has 0 amide bonds. The standard InChI is InChI=1S/C31H41N3O4/c1-32(2)16-9-19-38-30-15-14-24(20-31(30)37-3)21-33(17-8-18-35)22-25(36)23-34-28-12-6-4-10-26(28)27-11-5-7-13-29(27)34/h4-7,10-15,20,25,35-36H,8-9,16-19,21-23H2,1-3H3/t25-/m0/s1. The predicted octanol–water partition coefficient (Wildman–Crippen LogP) is 4.38. The normalized spacial score (nSPS) is 12.6. The van der Waals surface area contributed by atoms with Crippen LogP contribution in [-0.2, 0) is 13.1 Å². The zero-order chi connectivity index (χ0) is 26.9. The number of ether oxygens (including phenoxy) is 2. The van der Waals surface area contributed by atoms with Crippen LogP contribution in [0.25, 0.3) is 21.8 Å². The summed E-state index contributed by atoms with van der Waals surface area (Å²) in [5.41, 5.74) is 3.32. The van der Waals surface area contributed by atoms with Crippen molar-refractivity contribution in [3.05, 3.63) is 72.3 Å². The summed E-state index contributed by atoms with van der Waals surface area (Å²) < 4.78 is 13.8. The van der Waals surface area contributed by atoms with Crippen molar-refractivity contribution in [3.8, 4) is 11.5 Å². The quantitative estimate of drug-likeness (QED) is 0.227. The summed E-state index contributed by atoms with van der Waals surface area (Å²) in [5.74, 6) is 1.45. The molecular formula is C31H41N3O4. The van der Waals surface area contributed by atoms with Gasteiger partial charge in [-0.1, -0.05) is 42.5 Å². The molecule has 4 aromatic rings. The van der Waals surface area contributed by atoms with Gasteiger partial charge in [-0.2, -0.15) is 0 Å². The smallest absolute Gasteiger partial charge is 0.161 e. The predicted molar refractivity (Wildman–Crippen MR) is 154 cm³/mol. The number of fused-ring (bicyclic) bond motifs is 3. The van der Waals surface area contributed by atoms with Crippen LogP contribution in [0.15, 0.2) is 66.7 Å². The summed E-state index contributed by atoms with van der Waals surface area (Å²) in [5, 5.41) is 23.1. The summed E-state index contributed by atoms with van der Waals surface area (Å²) in [6, 6.07) is 22.7.